The van der Waals surface area contributed by atoms with Gasteiger partial charge in [-0.3, -0.25) is 0 Å². The van der Waals surface area contributed by atoms with Crippen molar-refractivity contribution in [1.82, 2.24) is 15.1 Å². The summed E-state index contributed by atoms with van der Waals surface area (Å²) in [6.45, 7) is 5.10. The van der Waals surface area contributed by atoms with Crippen molar-refractivity contribution in [2.24, 2.45) is 0 Å². The second-order valence-electron chi connectivity index (χ2n) is 3.46. The van der Waals surface area contributed by atoms with E-state index in [1.54, 1.807) is 0 Å². The van der Waals surface area contributed by atoms with Gasteiger partial charge in [0.25, 0.3) is 0 Å². The molecule has 0 radical (unpaired) electrons. The molecule has 4 heteroatoms. The van der Waals surface area contributed by atoms with Crippen LogP contribution in [0.4, 0.5) is 0 Å². The summed E-state index contributed by atoms with van der Waals surface area (Å²) < 4.78 is 0. The van der Waals surface area contributed by atoms with Gasteiger partial charge in [0, 0.05) is 26.7 Å². The molecule has 0 aromatic rings. The van der Waals surface area contributed by atoms with E-state index in [4.69, 9.17) is 12.2 Å². The zero-order valence-electron chi connectivity index (χ0n) is 9.13. The van der Waals surface area contributed by atoms with Crippen LogP contribution in [-0.4, -0.2) is 55.7 Å². The first kappa shape index (κ1) is 12.7. The average Bonchev–Trinajstić information content (AvgIpc) is 2.10. The zero-order valence-corrected chi connectivity index (χ0v) is 9.95. The van der Waals surface area contributed by atoms with Crippen molar-refractivity contribution in [2.45, 2.75) is 13.3 Å². The van der Waals surface area contributed by atoms with Crippen LogP contribution < -0.4 is 5.32 Å². The first-order valence-electron chi connectivity index (χ1n) is 4.71. The van der Waals surface area contributed by atoms with Gasteiger partial charge in [0.15, 0.2) is 5.11 Å². The van der Waals surface area contributed by atoms with Gasteiger partial charge < -0.3 is 15.1 Å². The van der Waals surface area contributed by atoms with Crippen LogP contribution in [0.3, 0.4) is 0 Å². The minimum Gasteiger partial charge on any atom is -0.363 e. The molecule has 0 saturated heterocycles. The second-order valence-corrected chi connectivity index (χ2v) is 3.84. The van der Waals surface area contributed by atoms with Crippen molar-refractivity contribution in [3.05, 3.63) is 0 Å². The van der Waals surface area contributed by atoms with Gasteiger partial charge in [-0.25, -0.2) is 0 Å². The van der Waals surface area contributed by atoms with Crippen molar-refractivity contribution >= 4 is 17.3 Å². The molecule has 0 fully saturated rings. The molecule has 0 bridgehead atoms. The van der Waals surface area contributed by atoms with Crippen LogP contribution in [0.5, 0.6) is 0 Å². The fourth-order valence-electron chi connectivity index (χ4n) is 0.818. The Morgan fingerprint density at radius 1 is 1.23 bits per heavy atom. The van der Waals surface area contributed by atoms with Crippen LogP contribution in [0.25, 0.3) is 0 Å². The number of thiocarbonyl (C=S) groups is 1. The predicted octanol–water partition coefficient (Wildman–Crippen LogP) is 0.764. The fraction of sp³-hybridized carbons (Fsp3) is 0.889. The normalized spacial score (nSPS) is 10.2. The van der Waals surface area contributed by atoms with Gasteiger partial charge in [-0.05, 0) is 32.7 Å². The molecule has 0 heterocycles. The lowest BCUT2D eigenvalue weighted by Crippen LogP contribution is -2.40. The highest BCUT2D eigenvalue weighted by Crippen LogP contribution is 1.86. The third-order valence-corrected chi connectivity index (χ3v) is 2.21. The number of hydrogen-bond acceptors (Lipinski definition) is 2. The number of nitrogens with zero attached hydrogens (tertiary/aromatic N) is 2. The lowest BCUT2D eigenvalue weighted by atomic mass is 10.5. The number of nitrogens with one attached hydrogen (secondary N) is 1. The van der Waals surface area contributed by atoms with Crippen molar-refractivity contribution in [2.75, 3.05) is 40.8 Å². The Hall–Kier alpha value is -0.350. The van der Waals surface area contributed by atoms with Crippen molar-refractivity contribution in [3.8, 4) is 0 Å². The molecule has 0 aliphatic carbocycles. The Kier molecular flexibility index (Phi) is 6.90. The minimum atomic E-state index is 0.851. The van der Waals surface area contributed by atoms with Crippen molar-refractivity contribution in [1.29, 1.82) is 0 Å². The van der Waals surface area contributed by atoms with Gasteiger partial charge in [0.1, 0.15) is 0 Å². The molecule has 0 atom stereocenters. The van der Waals surface area contributed by atoms with Gasteiger partial charge in [0.05, 0.1) is 0 Å². The molecule has 1 N–H and O–H groups in total. The molecule has 0 aliphatic heterocycles. The van der Waals surface area contributed by atoms with Crippen LogP contribution in [0.2, 0.25) is 0 Å². The van der Waals surface area contributed by atoms with E-state index in [0.29, 0.717) is 0 Å². The van der Waals surface area contributed by atoms with E-state index in [1.165, 1.54) is 0 Å². The molecule has 0 spiro atoms. The summed E-state index contributed by atoms with van der Waals surface area (Å²) in [5.74, 6) is 0. The molecule has 0 aromatic heterocycles. The van der Waals surface area contributed by atoms with E-state index in [9.17, 15) is 0 Å². The van der Waals surface area contributed by atoms with E-state index in [1.807, 2.05) is 7.05 Å². The van der Waals surface area contributed by atoms with E-state index in [-0.39, 0.29) is 0 Å². The predicted molar refractivity (Wildman–Crippen MR) is 62.1 cm³/mol. The summed E-state index contributed by atoms with van der Waals surface area (Å²) in [5, 5.41) is 4.05. The standard InChI is InChI=1S/C9H21N3S/c1-5-6-10-9(13)12(4)8-7-11(2)3/h5-8H2,1-4H3,(H,10,13). The quantitative estimate of drug-likeness (QED) is 0.665. The smallest absolute Gasteiger partial charge is 0.168 e. The third-order valence-electron chi connectivity index (χ3n) is 1.76. The summed E-state index contributed by atoms with van der Waals surface area (Å²) in [4.78, 5) is 4.23. The Morgan fingerprint density at radius 2 is 1.85 bits per heavy atom. The Labute approximate surface area is 87.1 Å². The molecule has 0 rings (SSSR count). The van der Waals surface area contributed by atoms with Crippen LogP contribution in [0, 0.1) is 0 Å². The Bertz CT molecular complexity index is 148. The largest absolute Gasteiger partial charge is 0.363 e. The van der Waals surface area contributed by atoms with Crippen molar-refractivity contribution in [3.63, 3.8) is 0 Å². The maximum Gasteiger partial charge on any atom is 0.168 e. The average molecular weight is 203 g/mol. The van der Waals surface area contributed by atoms with Gasteiger partial charge in [-0.1, -0.05) is 6.92 Å². The van der Waals surface area contributed by atoms with Crippen LogP contribution >= 0.6 is 12.2 Å². The molecular formula is C9H21N3S. The zero-order chi connectivity index (χ0) is 10.3. The Balaban J connectivity index is 3.57. The minimum absolute atomic E-state index is 0.851. The molecule has 0 aliphatic rings. The summed E-state index contributed by atoms with van der Waals surface area (Å²) >= 11 is 5.19. The fourth-order valence-corrected chi connectivity index (χ4v) is 1.01. The second kappa shape index (κ2) is 7.09. The molecule has 3 nitrogen and oxygen atoms in total. The number of likely N-dealkylation sites (N-methyl/N-ethyl adjacent to an activating group) is 2. The third kappa shape index (κ3) is 6.78. The molecule has 0 aromatic carbocycles. The summed E-state index contributed by atoms with van der Waals surface area (Å²) in [6, 6.07) is 0. The number of rotatable bonds is 5. The molecular weight excluding hydrogens is 182 g/mol. The van der Waals surface area contributed by atoms with E-state index >= 15 is 0 Å². The molecule has 78 valence electrons. The SMILES string of the molecule is CCCNC(=S)N(C)CCN(C)C. The van der Waals surface area contributed by atoms with E-state index in [0.717, 1.165) is 31.2 Å². The van der Waals surface area contributed by atoms with Crippen LogP contribution in [0.1, 0.15) is 13.3 Å². The first-order chi connectivity index (χ1) is 6.07. The lowest BCUT2D eigenvalue weighted by Gasteiger charge is -2.22. The monoisotopic (exact) mass is 203 g/mol. The molecule has 0 amide bonds. The highest BCUT2D eigenvalue weighted by Gasteiger charge is 2.02. The van der Waals surface area contributed by atoms with E-state index < -0.39 is 0 Å². The molecule has 13 heavy (non-hydrogen) atoms. The van der Waals surface area contributed by atoms with Crippen molar-refractivity contribution < 1.29 is 0 Å². The first-order valence-corrected chi connectivity index (χ1v) is 5.12. The molecule has 0 saturated carbocycles. The summed E-state index contributed by atoms with van der Waals surface area (Å²) in [5.41, 5.74) is 0. The van der Waals surface area contributed by atoms with Crippen LogP contribution in [0.15, 0.2) is 0 Å². The van der Waals surface area contributed by atoms with Gasteiger partial charge >= 0.3 is 0 Å². The number of hydrogen-bond donors (Lipinski definition) is 1. The van der Waals surface area contributed by atoms with E-state index in [2.05, 4.69) is 36.1 Å². The van der Waals surface area contributed by atoms with Gasteiger partial charge in [0.2, 0.25) is 0 Å². The lowest BCUT2D eigenvalue weighted by molar-refractivity contribution is 0.355. The topological polar surface area (TPSA) is 18.5 Å². The highest BCUT2D eigenvalue weighted by molar-refractivity contribution is 7.80. The summed E-state index contributed by atoms with van der Waals surface area (Å²) in [7, 11) is 6.15. The Morgan fingerprint density at radius 3 is 2.31 bits per heavy atom. The maximum absolute atomic E-state index is 5.19. The van der Waals surface area contributed by atoms with Crippen LogP contribution in [-0.2, 0) is 0 Å². The highest BCUT2D eigenvalue weighted by atomic mass is 32.1. The molecule has 0 unspecified atom stereocenters. The van der Waals surface area contributed by atoms with Gasteiger partial charge in [-0.2, -0.15) is 0 Å². The van der Waals surface area contributed by atoms with Gasteiger partial charge in [-0.15, -0.1) is 0 Å². The summed E-state index contributed by atoms with van der Waals surface area (Å²) in [6.07, 6.45) is 1.11. The maximum atomic E-state index is 5.19.